The molecule has 1 saturated heterocycles. The molecule has 33 heavy (non-hydrogen) atoms. The molecule has 4 rings (SSSR count). The fourth-order valence-corrected chi connectivity index (χ4v) is 3.87. The minimum absolute atomic E-state index is 0.0808. The molecule has 3 aromatic rings. The van der Waals surface area contributed by atoms with E-state index in [-0.39, 0.29) is 28.6 Å². The number of aryl methyl sites for hydroxylation is 3. The summed E-state index contributed by atoms with van der Waals surface area (Å²) >= 11 is 0. The zero-order chi connectivity index (χ0) is 23.7. The van der Waals surface area contributed by atoms with E-state index in [2.05, 4.69) is 20.3 Å². The molecule has 170 valence electrons. The summed E-state index contributed by atoms with van der Waals surface area (Å²) in [6.45, 7) is 6.18. The van der Waals surface area contributed by atoms with Gasteiger partial charge in [-0.3, -0.25) is 14.4 Å². The Bertz CT molecular complexity index is 1300. The van der Waals surface area contributed by atoms with Gasteiger partial charge in [-0.15, -0.1) is 0 Å². The van der Waals surface area contributed by atoms with Crippen molar-refractivity contribution in [1.29, 1.82) is 0 Å². The third-order valence-corrected chi connectivity index (χ3v) is 5.93. The van der Waals surface area contributed by atoms with E-state index in [0.29, 0.717) is 31.0 Å². The maximum absolute atomic E-state index is 13.8. The number of pyridine rings is 1. The zero-order valence-corrected chi connectivity index (χ0v) is 18.6. The number of likely N-dealkylation sites (tertiary alicyclic amines) is 1. The first-order valence-corrected chi connectivity index (χ1v) is 10.6. The lowest BCUT2D eigenvalue weighted by atomic mass is 10.1. The van der Waals surface area contributed by atoms with Crippen molar-refractivity contribution in [3.05, 3.63) is 86.6 Å². The van der Waals surface area contributed by atoms with Crippen LogP contribution >= 0.6 is 0 Å². The number of halogens is 1. The van der Waals surface area contributed by atoms with Crippen LogP contribution in [0.3, 0.4) is 0 Å². The molecule has 2 N–H and O–H groups in total. The maximum Gasteiger partial charge on any atom is 0.261 e. The minimum Gasteiger partial charge on any atom is -0.338 e. The van der Waals surface area contributed by atoms with Gasteiger partial charge in [-0.2, -0.15) is 0 Å². The summed E-state index contributed by atoms with van der Waals surface area (Å²) in [5.74, 6) is -0.929. The van der Waals surface area contributed by atoms with Crippen molar-refractivity contribution in [2.45, 2.75) is 33.1 Å². The number of H-pyrrole nitrogens is 1. The minimum atomic E-state index is -0.528. The van der Waals surface area contributed by atoms with Crippen LogP contribution in [-0.2, 0) is 0 Å². The number of nitrogens with zero attached hydrogens (tertiary/aromatic N) is 3. The molecule has 2 aromatic heterocycles. The largest absolute Gasteiger partial charge is 0.338 e. The van der Waals surface area contributed by atoms with Crippen LogP contribution in [0.25, 0.3) is 0 Å². The first-order chi connectivity index (χ1) is 15.7. The fourth-order valence-electron chi connectivity index (χ4n) is 3.87. The van der Waals surface area contributed by atoms with Crippen LogP contribution in [0, 0.1) is 26.6 Å². The van der Waals surface area contributed by atoms with Gasteiger partial charge in [0.1, 0.15) is 17.2 Å². The summed E-state index contributed by atoms with van der Waals surface area (Å²) in [6, 6.07) is 7.53. The Hall–Kier alpha value is -3.88. The molecule has 0 radical (unpaired) electrons. The highest BCUT2D eigenvalue weighted by atomic mass is 19.1. The summed E-state index contributed by atoms with van der Waals surface area (Å²) in [5, 5.41) is 2.53. The number of benzene rings is 1. The van der Waals surface area contributed by atoms with Crippen molar-refractivity contribution >= 4 is 17.5 Å². The van der Waals surface area contributed by atoms with Gasteiger partial charge in [0.05, 0.1) is 16.9 Å². The van der Waals surface area contributed by atoms with Crippen molar-refractivity contribution in [3.63, 3.8) is 0 Å². The van der Waals surface area contributed by atoms with Gasteiger partial charge in [-0.25, -0.2) is 14.4 Å². The summed E-state index contributed by atoms with van der Waals surface area (Å²) < 4.78 is 13.8. The fraction of sp³-hybridized carbons (Fsp3) is 0.292. The van der Waals surface area contributed by atoms with Crippen LogP contribution in [-0.4, -0.2) is 44.8 Å². The number of amides is 2. The van der Waals surface area contributed by atoms with E-state index < -0.39 is 17.3 Å². The van der Waals surface area contributed by atoms with Crippen LogP contribution < -0.4 is 10.9 Å². The van der Waals surface area contributed by atoms with E-state index in [0.717, 1.165) is 11.3 Å². The number of carbonyl (C=O) groups is 2. The lowest BCUT2D eigenvalue weighted by Gasteiger charge is -2.17. The van der Waals surface area contributed by atoms with Crippen LogP contribution in [0.1, 0.15) is 55.8 Å². The Morgan fingerprint density at radius 1 is 1.18 bits per heavy atom. The van der Waals surface area contributed by atoms with E-state index in [9.17, 15) is 18.8 Å². The van der Waals surface area contributed by atoms with Crippen LogP contribution in [0.4, 0.5) is 10.1 Å². The first kappa shape index (κ1) is 22.3. The standard InChI is InChI=1S/C24H24FN5O3/c1-13-10-17(22(31)28-14(13)2)24(33)30-9-8-16(12-30)21-26-11-18(15(3)27-21)23(32)29-20-7-5-4-6-19(20)25/h4-7,10-11,16H,8-9,12H2,1-3H3,(H,28,31)(H,29,32). The van der Waals surface area contributed by atoms with Gasteiger partial charge >= 0.3 is 0 Å². The molecule has 2 amide bonds. The third kappa shape index (κ3) is 4.52. The van der Waals surface area contributed by atoms with Crippen LogP contribution in [0.5, 0.6) is 0 Å². The third-order valence-electron chi connectivity index (χ3n) is 5.93. The average Bonchev–Trinajstić information content (AvgIpc) is 3.27. The van der Waals surface area contributed by atoms with E-state index in [1.165, 1.54) is 18.3 Å². The van der Waals surface area contributed by atoms with E-state index in [4.69, 9.17) is 0 Å². The summed E-state index contributed by atoms with van der Waals surface area (Å²) in [5.41, 5.74) is 2.09. The molecule has 1 aliphatic heterocycles. The molecule has 8 nitrogen and oxygen atoms in total. The molecule has 0 aliphatic carbocycles. The van der Waals surface area contributed by atoms with Gasteiger partial charge in [0, 0.05) is 30.9 Å². The Morgan fingerprint density at radius 2 is 1.94 bits per heavy atom. The smallest absolute Gasteiger partial charge is 0.261 e. The number of hydrogen-bond donors (Lipinski definition) is 2. The summed E-state index contributed by atoms with van der Waals surface area (Å²) in [4.78, 5) is 50.9. The van der Waals surface area contributed by atoms with Crippen LogP contribution in [0.2, 0.25) is 0 Å². The second-order valence-electron chi connectivity index (χ2n) is 8.22. The van der Waals surface area contributed by atoms with Crippen molar-refractivity contribution < 1.29 is 14.0 Å². The predicted octanol–water partition coefficient (Wildman–Crippen LogP) is 3.11. The van der Waals surface area contributed by atoms with Crippen molar-refractivity contribution in [2.24, 2.45) is 0 Å². The van der Waals surface area contributed by atoms with Gasteiger partial charge in [-0.05, 0) is 51.0 Å². The molecular formula is C24H24FN5O3. The Morgan fingerprint density at radius 3 is 2.67 bits per heavy atom. The highest BCUT2D eigenvalue weighted by Gasteiger charge is 2.31. The Labute approximate surface area is 189 Å². The molecule has 0 spiro atoms. The first-order valence-electron chi connectivity index (χ1n) is 10.6. The molecule has 1 aromatic carbocycles. The number of anilines is 1. The molecule has 0 bridgehead atoms. The topological polar surface area (TPSA) is 108 Å². The number of nitrogens with one attached hydrogen (secondary N) is 2. The van der Waals surface area contributed by atoms with Crippen molar-refractivity contribution in [1.82, 2.24) is 19.9 Å². The maximum atomic E-state index is 13.8. The van der Waals surface area contributed by atoms with Gasteiger partial charge in [0.15, 0.2) is 0 Å². The highest BCUT2D eigenvalue weighted by Crippen LogP contribution is 2.26. The Kier molecular flexibility index (Phi) is 6.04. The number of hydrogen-bond acceptors (Lipinski definition) is 5. The second-order valence-corrected chi connectivity index (χ2v) is 8.22. The summed E-state index contributed by atoms with van der Waals surface area (Å²) in [6.07, 6.45) is 2.07. The Balaban J connectivity index is 1.47. The van der Waals surface area contributed by atoms with Crippen molar-refractivity contribution in [3.8, 4) is 0 Å². The molecule has 9 heteroatoms. The lowest BCUT2D eigenvalue weighted by molar-refractivity contribution is 0.0788. The van der Waals surface area contributed by atoms with Crippen molar-refractivity contribution in [2.75, 3.05) is 18.4 Å². The number of rotatable bonds is 4. The van der Waals surface area contributed by atoms with E-state index in [1.54, 1.807) is 36.9 Å². The molecule has 1 aliphatic rings. The van der Waals surface area contributed by atoms with Gasteiger partial charge in [0.25, 0.3) is 17.4 Å². The van der Waals surface area contributed by atoms with Gasteiger partial charge < -0.3 is 15.2 Å². The molecule has 3 heterocycles. The van der Waals surface area contributed by atoms with Gasteiger partial charge in [-0.1, -0.05) is 12.1 Å². The zero-order valence-electron chi connectivity index (χ0n) is 18.6. The SMILES string of the molecule is Cc1cc(C(=O)N2CCC(c3ncc(C(=O)Nc4ccccc4F)c(C)n3)C2)c(=O)[nH]c1C. The summed E-state index contributed by atoms with van der Waals surface area (Å²) in [7, 11) is 0. The second kappa shape index (κ2) is 8.93. The van der Waals surface area contributed by atoms with Crippen LogP contribution in [0.15, 0.2) is 41.3 Å². The normalized spacial score (nSPS) is 15.5. The molecule has 1 unspecified atom stereocenters. The number of carbonyl (C=O) groups excluding carboxylic acids is 2. The molecule has 1 fully saturated rings. The average molecular weight is 449 g/mol. The number of para-hydroxylation sites is 1. The number of aromatic nitrogens is 3. The quantitative estimate of drug-likeness (QED) is 0.636. The van der Waals surface area contributed by atoms with E-state index >= 15 is 0 Å². The predicted molar refractivity (Wildman–Crippen MR) is 121 cm³/mol. The molecule has 0 saturated carbocycles. The van der Waals surface area contributed by atoms with E-state index in [1.807, 2.05) is 6.92 Å². The number of aromatic amines is 1. The monoisotopic (exact) mass is 449 g/mol. The van der Waals surface area contributed by atoms with Gasteiger partial charge in [0.2, 0.25) is 0 Å². The highest BCUT2D eigenvalue weighted by molar-refractivity contribution is 6.04. The molecule has 1 atom stereocenters. The lowest BCUT2D eigenvalue weighted by Crippen LogP contribution is -2.33. The molecular weight excluding hydrogens is 425 g/mol.